The average Bonchev–Trinajstić information content (AvgIpc) is 1.87. The normalized spacial score (nSPS) is 16.2. The van der Waals surface area contributed by atoms with E-state index in [-0.39, 0.29) is 12.1 Å². The molecule has 0 rings (SSSR count). The molecule has 2 atom stereocenters. The van der Waals surface area contributed by atoms with Crippen LogP contribution >= 0.6 is 0 Å². The van der Waals surface area contributed by atoms with Gasteiger partial charge in [-0.2, -0.15) is 0 Å². The second kappa shape index (κ2) is 4.34. The predicted octanol–water partition coefficient (Wildman–Crippen LogP) is 0.921. The summed E-state index contributed by atoms with van der Waals surface area (Å²) in [6.07, 6.45) is -0.0477. The van der Waals surface area contributed by atoms with E-state index < -0.39 is 6.04 Å². The average molecular weight is 159 g/mol. The predicted molar refractivity (Wildman–Crippen MR) is 44.0 cm³/mol. The number of carbonyl (C=O) groups is 1. The van der Waals surface area contributed by atoms with Crippen LogP contribution in [-0.2, 0) is 9.53 Å². The minimum absolute atomic E-state index is 0.0477. The number of carbonyl (C=O) groups excluding carboxylic acids is 1. The van der Waals surface area contributed by atoms with Crippen LogP contribution in [0.4, 0.5) is 0 Å². The Hall–Kier alpha value is -0.570. The molecule has 0 unspecified atom stereocenters. The standard InChI is InChI=1S/C8H17NO2/c1-5(2)7(4)11-8(10)6(3)9/h5-7H,9H2,1-4H3/t6-,7+/m1/s1. The van der Waals surface area contributed by atoms with Crippen molar-refractivity contribution in [1.82, 2.24) is 0 Å². The summed E-state index contributed by atoms with van der Waals surface area (Å²) in [6.45, 7) is 7.48. The summed E-state index contributed by atoms with van der Waals surface area (Å²) >= 11 is 0. The molecule has 0 spiro atoms. The molecule has 0 aliphatic heterocycles. The highest BCUT2D eigenvalue weighted by molar-refractivity contribution is 5.75. The summed E-state index contributed by atoms with van der Waals surface area (Å²) in [6, 6.07) is -0.517. The Kier molecular flexibility index (Phi) is 4.11. The second-order valence-corrected chi connectivity index (χ2v) is 3.17. The third-order valence-corrected chi connectivity index (χ3v) is 1.61. The monoisotopic (exact) mass is 159 g/mol. The highest BCUT2D eigenvalue weighted by Gasteiger charge is 2.15. The molecule has 0 aliphatic rings. The molecule has 0 aromatic rings. The van der Waals surface area contributed by atoms with E-state index in [4.69, 9.17) is 10.5 Å². The third-order valence-electron chi connectivity index (χ3n) is 1.61. The van der Waals surface area contributed by atoms with Crippen LogP contribution in [0.25, 0.3) is 0 Å². The summed E-state index contributed by atoms with van der Waals surface area (Å²) in [5.74, 6) is 0.0175. The SMILES string of the molecule is CC(C)[C@H](C)OC(=O)[C@@H](C)N. The molecule has 0 saturated heterocycles. The fraction of sp³-hybridized carbons (Fsp3) is 0.875. The zero-order chi connectivity index (χ0) is 9.02. The van der Waals surface area contributed by atoms with E-state index in [1.54, 1.807) is 6.92 Å². The molecule has 0 aromatic carbocycles. The van der Waals surface area contributed by atoms with Gasteiger partial charge in [-0.25, -0.2) is 0 Å². The Morgan fingerprint density at radius 1 is 1.27 bits per heavy atom. The van der Waals surface area contributed by atoms with Crippen molar-refractivity contribution in [1.29, 1.82) is 0 Å². The lowest BCUT2D eigenvalue weighted by atomic mass is 10.1. The Morgan fingerprint density at radius 3 is 2.00 bits per heavy atom. The zero-order valence-electron chi connectivity index (χ0n) is 7.63. The minimum Gasteiger partial charge on any atom is -0.461 e. The fourth-order valence-corrected chi connectivity index (χ4v) is 0.427. The zero-order valence-corrected chi connectivity index (χ0v) is 7.63. The maximum absolute atomic E-state index is 10.9. The molecule has 0 bridgehead atoms. The van der Waals surface area contributed by atoms with Crippen molar-refractivity contribution in [3.05, 3.63) is 0 Å². The van der Waals surface area contributed by atoms with Gasteiger partial charge in [-0.3, -0.25) is 4.79 Å². The Balaban J connectivity index is 3.76. The van der Waals surface area contributed by atoms with Crippen molar-refractivity contribution in [2.24, 2.45) is 11.7 Å². The number of ether oxygens (including phenoxy) is 1. The lowest BCUT2D eigenvalue weighted by Crippen LogP contribution is -2.32. The fourth-order valence-electron chi connectivity index (χ4n) is 0.427. The molecule has 3 heteroatoms. The van der Waals surface area contributed by atoms with Crippen LogP contribution in [0.2, 0.25) is 0 Å². The summed E-state index contributed by atoms with van der Waals surface area (Å²) in [5.41, 5.74) is 5.31. The van der Waals surface area contributed by atoms with Crippen LogP contribution in [-0.4, -0.2) is 18.1 Å². The highest BCUT2D eigenvalue weighted by atomic mass is 16.5. The first kappa shape index (κ1) is 10.4. The molecule has 11 heavy (non-hydrogen) atoms. The molecule has 0 fully saturated rings. The van der Waals surface area contributed by atoms with Crippen molar-refractivity contribution in [2.75, 3.05) is 0 Å². The van der Waals surface area contributed by atoms with Crippen molar-refractivity contribution < 1.29 is 9.53 Å². The summed E-state index contributed by atoms with van der Waals surface area (Å²) in [7, 11) is 0. The quantitative estimate of drug-likeness (QED) is 0.623. The van der Waals surface area contributed by atoms with E-state index in [9.17, 15) is 4.79 Å². The molecular weight excluding hydrogens is 142 g/mol. The molecule has 2 N–H and O–H groups in total. The summed E-state index contributed by atoms with van der Waals surface area (Å²) in [5, 5.41) is 0. The molecule has 0 amide bonds. The first-order chi connectivity index (χ1) is 4.95. The number of hydrogen-bond acceptors (Lipinski definition) is 3. The van der Waals surface area contributed by atoms with Crippen LogP contribution in [0.5, 0.6) is 0 Å². The molecule has 0 saturated carbocycles. The highest BCUT2D eigenvalue weighted by Crippen LogP contribution is 2.05. The lowest BCUT2D eigenvalue weighted by molar-refractivity contribution is -0.151. The number of nitrogens with two attached hydrogens (primary N) is 1. The second-order valence-electron chi connectivity index (χ2n) is 3.17. The third kappa shape index (κ3) is 3.98. The van der Waals surface area contributed by atoms with Gasteiger partial charge in [-0.15, -0.1) is 0 Å². The van der Waals surface area contributed by atoms with Crippen molar-refractivity contribution in [3.8, 4) is 0 Å². The Labute approximate surface area is 67.9 Å². The largest absolute Gasteiger partial charge is 0.461 e. The van der Waals surface area contributed by atoms with Crippen LogP contribution in [0.1, 0.15) is 27.7 Å². The summed E-state index contributed by atoms with van der Waals surface area (Å²) < 4.78 is 5.01. The van der Waals surface area contributed by atoms with Crippen LogP contribution in [0, 0.1) is 5.92 Å². The topological polar surface area (TPSA) is 52.3 Å². The smallest absolute Gasteiger partial charge is 0.322 e. The van der Waals surface area contributed by atoms with Gasteiger partial charge >= 0.3 is 5.97 Å². The van der Waals surface area contributed by atoms with Gasteiger partial charge in [0, 0.05) is 0 Å². The maximum Gasteiger partial charge on any atom is 0.322 e. The van der Waals surface area contributed by atoms with Gasteiger partial charge in [0.25, 0.3) is 0 Å². The van der Waals surface area contributed by atoms with E-state index in [1.807, 2.05) is 20.8 Å². The van der Waals surface area contributed by atoms with E-state index in [0.29, 0.717) is 5.92 Å². The number of esters is 1. The lowest BCUT2D eigenvalue weighted by Gasteiger charge is -2.17. The van der Waals surface area contributed by atoms with Crippen LogP contribution in [0.3, 0.4) is 0 Å². The first-order valence-corrected chi connectivity index (χ1v) is 3.91. The van der Waals surface area contributed by atoms with Gasteiger partial charge in [-0.1, -0.05) is 13.8 Å². The van der Waals surface area contributed by atoms with Crippen molar-refractivity contribution in [3.63, 3.8) is 0 Å². The maximum atomic E-state index is 10.9. The van der Waals surface area contributed by atoms with E-state index >= 15 is 0 Å². The van der Waals surface area contributed by atoms with Crippen LogP contribution in [0.15, 0.2) is 0 Å². The molecule has 0 radical (unpaired) electrons. The van der Waals surface area contributed by atoms with Gasteiger partial charge in [0.1, 0.15) is 12.1 Å². The van der Waals surface area contributed by atoms with Gasteiger partial charge in [0.2, 0.25) is 0 Å². The molecule has 3 nitrogen and oxygen atoms in total. The van der Waals surface area contributed by atoms with E-state index in [2.05, 4.69) is 0 Å². The molecule has 0 heterocycles. The van der Waals surface area contributed by atoms with Gasteiger partial charge < -0.3 is 10.5 Å². The van der Waals surface area contributed by atoms with Gasteiger partial charge in [0.15, 0.2) is 0 Å². The van der Waals surface area contributed by atoms with E-state index in [0.717, 1.165) is 0 Å². The van der Waals surface area contributed by atoms with Crippen molar-refractivity contribution in [2.45, 2.75) is 39.8 Å². The van der Waals surface area contributed by atoms with Gasteiger partial charge in [-0.05, 0) is 19.8 Å². The molecule has 0 aromatic heterocycles. The summed E-state index contributed by atoms with van der Waals surface area (Å²) in [4.78, 5) is 10.9. The van der Waals surface area contributed by atoms with E-state index in [1.165, 1.54) is 0 Å². The van der Waals surface area contributed by atoms with Gasteiger partial charge in [0.05, 0.1) is 0 Å². The van der Waals surface area contributed by atoms with Crippen molar-refractivity contribution >= 4 is 5.97 Å². The molecule has 0 aliphatic carbocycles. The number of rotatable bonds is 3. The minimum atomic E-state index is -0.517. The Bertz CT molecular complexity index is 132. The Morgan fingerprint density at radius 2 is 1.73 bits per heavy atom. The first-order valence-electron chi connectivity index (χ1n) is 3.91. The van der Waals surface area contributed by atoms with Crippen LogP contribution < -0.4 is 5.73 Å². The molecular formula is C8H17NO2. The molecule has 66 valence electrons. The number of hydrogen-bond donors (Lipinski definition) is 1.